The van der Waals surface area contributed by atoms with Gasteiger partial charge in [0.2, 0.25) is 5.91 Å². The Kier molecular flexibility index (Phi) is 7.80. The first kappa shape index (κ1) is 25.1. The van der Waals surface area contributed by atoms with Crippen molar-refractivity contribution in [2.24, 2.45) is 5.92 Å². The van der Waals surface area contributed by atoms with E-state index in [4.69, 9.17) is 21.3 Å². The monoisotopic (exact) mass is 511 g/mol. The number of benzene rings is 2. The average molecular weight is 512 g/mol. The highest BCUT2D eigenvalue weighted by Gasteiger charge is 2.35. The molecule has 0 aliphatic heterocycles. The summed E-state index contributed by atoms with van der Waals surface area (Å²) in [4.78, 5) is 18.8. The fourth-order valence-corrected chi connectivity index (χ4v) is 6.20. The summed E-state index contributed by atoms with van der Waals surface area (Å²) in [7, 11) is 0. The number of ether oxygens (including phenoxy) is 1. The van der Waals surface area contributed by atoms with E-state index in [9.17, 15) is 9.18 Å². The highest BCUT2D eigenvalue weighted by Crippen LogP contribution is 2.37. The summed E-state index contributed by atoms with van der Waals surface area (Å²) in [5.41, 5.74) is 2.25. The molecule has 0 bridgehead atoms. The van der Waals surface area contributed by atoms with Crippen molar-refractivity contribution in [3.8, 4) is 5.75 Å². The van der Waals surface area contributed by atoms with Crippen LogP contribution in [0.25, 0.3) is 11.0 Å². The van der Waals surface area contributed by atoms with Crippen LogP contribution in [0.5, 0.6) is 5.75 Å². The Balaban J connectivity index is 1.53. The zero-order valence-electron chi connectivity index (χ0n) is 20.9. The van der Waals surface area contributed by atoms with Crippen molar-refractivity contribution in [3.05, 3.63) is 58.6 Å². The van der Waals surface area contributed by atoms with Crippen LogP contribution in [0.15, 0.2) is 36.4 Å². The van der Waals surface area contributed by atoms with Gasteiger partial charge in [0, 0.05) is 11.1 Å². The summed E-state index contributed by atoms with van der Waals surface area (Å²) in [6, 6.07) is 9.88. The van der Waals surface area contributed by atoms with Gasteiger partial charge in [0.25, 0.3) is 0 Å². The van der Waals surface area contributed by atoms with Crippen molar-refractivity contribution >= 4 is 28.5 Å². The van der Waals surface area contributed by atoms with Crippen molar-refractivity contribution in [1.82, 2.24) is 14.9 Å². The highest BCUT2D eigenvalue weighted by molar-refractivity contribution is 6.30. The van der Waals surface area contributed by atoms with Crippen LogP contribution in [0.4, 0.5) is 4.39 Å². The molecule has 2 aliphatic carbocycles. The molecule has 0 spiro atoms. The van der Waals surface area contributed by atoms with Crippen LogP contribution in [0.1, 0.15) is 81.6 Å². The van der Waals surface area contributed by atoms with Gasteiger partial charge in [0.1, 0.15) is 30.0 Å². The summed E-state index contributed by atoms with van der Waals surface area (Å²) in [5, 5.41) is 4.02. The molecule has 1 heterocycles. The summed E-state index contributed by atoms with van der Waals surface area (Å²) in [6.07, 6.45) is 10.9. The van der Waals surface area contributed by atoms with Crippen molar-refractivity contribution in [1.29, 1.82) is 0 Å². The van der Waals surface area contributed by atoms with E-state index in [0.29, 0.717) is 27.6 Å². The molecule has 1 atom stereocenters. The van der Waals surface area contributed by atoms with Gasteiger partial charge >= 0.3 is 0 Å². The second-order valence-corrected chi connectivity index (χ2v) is 10.9. The Morgan fingerprint density at radius 1 is 1.08 bits per heavy atom. The molecule has 1 N–H and O–H groups in total. The molecule has 7 heteroatoms. The maximum absolute atomic E-state index is 14.5. The molecule has 2 aromatic carbocycles. The third kappa shape index (κ3) is 5.54. The first-order valence-corrected chi connectivity index (χ1v) is 13.7. The maximum atomic E-state index is 14.5. The van der Waals surface area contributed by atoms with E-state index < -0.39 is 6.04 Å². The quantitative estimate of drug-likeness (QED) is 0.362. The molecule has 2 fully saturated rings. The lowest BCUT2D eigenvalue weighted by Gasteiger charge is -2.33. The molecule has 2 aliphatic rings. The number of halogens is 2. The number of carbonyl (C=O) groups excluding carboxylic acids is 1. The number of aromatic nitrogens is 2. The Morgan fingerprint density at radius 2 is 1.81 bits per heavy atom. The number of aryl methyl sites for hydroxylation is 1. The third-order valence-corrected chi connectivity index (χ3v) is 8.05. The smallest absolute Gasteiger partial charge is 0.243 e. The molecular formula is C29H35ClFN3O2. The molecule has 1 aromatic heterocycles. The molecule has 2 saturated carbocycles. The van der Waals surface area contributed by atoms with E-state index in [1.807, 2.05) is 23.6 Å². The predicted molar refractivity (Wildman–Crippen MR) is 141 cm³/mol. The molecular weight excluding hydrogens is 477 g/mol. The van der Waals surface area contributed by atoms with E-state index >= 15 is 0 Å². The van der Waals surface area contributed by atoms with Gasteiger partial charge < -0.3 is 14.6 Å². The lowest BCUT2D eigenvalue weighted by Crippen LogP contribution is -2.44. The molecule has 5 nitrogen and oxygen atoms in total. The molecule has 0 unspecified atom stereocenters. The van der Waals surface area contributed by atoms with Gasteiger partial charge in [0.05, 0.1) is 11.0 Å². The van der Waals surface area contributed by atoms with Crippen LogP contribution in [0, 0.1) is 18.7 Å². The fraction of sp³-hybridized carbons (Fsp3) is 0.517. The second kappa shape index (κ2) is 11.2. The van der Waals surface area contributed by atoms with Crippen LogP contribution >= 0.6 is 11.6 Å². The van der Waals surface area contributed by atoms with Gasteiger partial charge in [-0.25, -0.2) is 9.37 Å². The molecule has 3 aromatic rings. The van der Waals surface area contributed by atoms with Crippen LogP contribution in [0.3, 0.4) is 0 Å². The summed E-state index contributed by atoms with van der Waals surface area (Å²) in [5.74, 6) is 1.23. The summed E-state index contributed by atoms with van der Waals surface area (Å²) in [6.45, 7) is 2.13. The molecule has 36 heavy (non-hydrogen) atoms. The van der Waals surface area contributed by atoms with Gasteiger partial charge in [-0.2, -0.15) is 0 Å². The lowest BCUT2D eigenvalue weighted by atomic mass is 9.83. The van der Waals surface area contributed by atoms with Crippen LogP contribution in [0.2, 0.25) is 5.02 Å². The first-order chi connectivity index (χ1) is 17.5. The number of carbonyl (C=O) groups is 1. The van der Waals surface area contributed by atoms with Crippen molar-refractivity contribution in [2.45, 2.75) is 89.8 Å². The summed E-state index contributed by atoms with van der Waals surface area (Å²) < 4.78 is 22.6. The maximum Gasteiger partial charge on any atom is 0.243 e. The Hall–Kier alpha value is -2.60. The minimum absolute atomic E-state index is 0.0290. The van der Waals surface area contributed by atoms with E-state index in [1.54, 1.807) is 12.1 Å². The van der Waals surface area contributed by atoms with Crippen LogP contribution in [-0.4, -0.2) is 21.5 Å². The Bertz CT molecular complexity index is 1210. The number of nitrogens with one attached hydrogen (secondary N) is 1. The normalized spacial score (nSPS) is 18.3. The van der Waals surface area contributed by atoms with Crippen molar-refractivity contribution in [2.75, 3.05) is 0 Å². The number of hydrogen-bond donors (Lipinski definition) is 1. The van der Waals surface area contributed by atoms with Crippen molar-refractivity contribution < 1.29 is 13.9 Å². The van der Waals surface area contributed by atoms with Gasteiger partial charge in [-0.1, -0.05) is 50.1 Å². The van der Waals surface area contributed by atoms with E-state index in [-0.39, 0.29) is 30.3 Å². The third-order valence-electron chi connectivity index (χ3n) is 7.81. The van der Waals surface area contributed by atoms with E-state index in [1.165, 1.54) is 25.0 Å². The Labute approximate surface area is 217 Å². The number of hydrogen-bond acceptors (Lipinski definition) is 3. The van der Waals surface area contributed by atoms with Gasteiger partial charge in [0.15, 0.2) is 0 Å². The van der Waals surface area contributed by atoms with Crippen molar-refractivity contribution in [3.63, 3.8) is 0 Å². The number of imidazole rings is 1. The molecule has 1 amide bonds. The Morgan fingerprint density at radius 3 is 2.53 bits per heavy atom. The minimum atomic E-state index is -0.441. The lowest BCUT2D eigenvalue weighted by molar-refractivity contribution is -0.127. The number of amides is 1. The molecule has 0 radical (unpaired) electrons. The molecule has 0 saturated heterocycles. The molecule has 5 rings (SSSR count). The number of nitrogens with zero attached hydrogens (tertiary/aromatic N) is 2. The second-order valence-electron chi connectivity index (χ2n) is 10.4. The SMILES string of the molecule is Cc1cc(Cl)ccc1OCc1nc2ccc(F)cc2n1[C@H](C(=O)NC1CCCCC1)C1CCCCC1. The predicted octanol–water partition coefficient (Wildman–Crippen LogP) is 7.29. The topological polar surface area (TPSA) is 56.2 Å². The largest absolute Gasteiger partial charge is 0.485 e. The number of rotatable bonds is 7. The van der Waals surface area contributed by atoms with Gasteiger partial charge in [-0.05, 0) is 80.5 Å². The average Bonchev–Trinajstić information content (AvgIpc) is 3.22. The first-order valence-electron chi connectivity index (χ1n) is 13.4. The standard InChI is InChI=1S/C29H35ClFN3O2/c1-19-16-21(30)12-15-26(19)36-18-27-33-24-14-13-22(31)17-25(24)34(27)28(20-8-4-2-5-9-20)29(35)32-23-10-6-3-7-11-23/h12-17,20,23,28H,2-11,18H2,1H3,(H,32,35)/t28-/m0/s1. The van der Waals surface area contributed by atoms with Crippen LogP contribution < -0.4 is 10.1 Å². The van der Waals surface area contributed by atoms with Gasteiger partial charge in [-0.3, -0.25) is 4.79 Å². The summed E-state index contributed by atoms with van der Waals surface area (Å²) >= 11 is 6.12. The highest BCUT2D eigenvalue weighted by atomic mass is 35.5. The van der Waals surface area contributed by atoms with E-state index in [2.05, 4.69) is 5.32 Å². The van der Waals surface area contributed by atoms with E-state index in [0.717, 1.165) is 56.9 Å². The number of fused-ring (bicyclic) bond motifs is 1. The molecule has 192 valence electrons. The van der Waals surface area contributed by atoms with Crippen LogP contribution in [-0.2, 0) is 11.4 Å². The zero-order valence-corrected chi connectivity index (χ0v) is 21.7. The van der Waals surface area contributed by atoms with Gasteiger partial charge in [-0.15, -0.1) is 0 Å². The minimum Gasteiger partial charge on any atom is -0.485 e. The fourth-order valence-electron chi connectivity index (χ4n) is 5.97. The zero-order chi connectivity index (χ0) is 25.1.